The molecule has 0 saturated heterocycles. The highest BCUT2D eigenvalue weighted by Gasteiger charge is 2.16. The number of halogens is 1. The molecule has 0 saturated carbocycles. The smallest absolute Gasteiger partial charge is 0.275 e. The molecule has 0 aliphatic rings. The van der Waals surface area contributed by atoms with Crippen LogP contribution in [0.3, 0.4) is 0 Å². The number of nitrogens with two attached hydrogens (primary N) is 1. The van der Waals surface area contributed by atoms with E-state index in [-0.39, 0.29) is 12.2 Å². The highest BCUT2D eigenvalue weighted by molar-refractivity contribution is 9.10. The van der Waals surface area contributed by atoms with Gasteiger partial charge >= 0.3 is 0 Å². The Hall–Kier alpha value is -1.96. The molecule has 0 spiro atoms. The molecule has 1 aromatic heterocycles. The maximum Gasteiger partial charge on any atom is 0.275 e. The van der Waals surface area contributed by atoms with Crippen LogP contribution in [0.1, 0.15) is 11.3 Å². The number of aromatic nitrogens is 3. The number of nitro groups is 1. The summed E-state index contributed by atoms with van der Waals surface area (Å²) in [6.07, 6.45) is 0. The molecular formula is C10H10BrN5O2. The Morgan fingerprint density at radius 1 is 1.56 bits per heavy atom. The van der Waals surface area contributed by atoms with Gasteiger partial charge in [0.25, 0.3) is 5.69 Å². The van der Waals surface area contributed by atoms with Crippen LogP contribution in [0, 0.1) is 17.0 Å². The molecule has 0 amide bonds. The molecule has 0 fully saturated rings. The number of nitrogen functional groups attached to an aromatic ring is 1. The van der Waals surface area contributed by atoms with E-state index in [9.17, 15) is 10.1 Å². The van der Waals surface area contributed by atoms with Crippen LogP contribution in [0.2, 0.25) is 0 Å². The summed E-state index contributed by atoms with van der Waals surface area (Å²) in [5, 5.41) is 18.5. The standard InChI is InChI=1S/C10H10BrN5O2/c1-6-10(12)13-14-15(6)5-7-2-3-8(11)4-9(7)16(17)18/h2-4H,5,12H2,1H3. The molecule has 0 radical (unpaired) electrons. The van der Waals surface area contributed by atoms with Gasteiger partial charge in [0.15, 0.2) is 5.82 Å². The van der Waals surface area contributed by atoms with Crippen molar-refractivity contribution in [3.8, 4) is 0 Å². The van der Waals surface area contributed by atoms with Gasteiger partial charge in [-0.25, -0.2) is 4.68 Å². The van der Waals surface area contributed by atoms with Crippen LogP contribution < -0.4 is 5.73 Å². The molecule has 2 N–H and O–H groups in total. The summed E-state index contributed by atoms with van der Waals surface area (Å²) in [4.78, 5) is 10.5. The van der Waals surface area contributed by atoms with E-state index in [2.05, 4.69) is 26.2 Å². The molecular weight excluding hydrogens is 302 g/mol. The first-order chi connectivity index (χ1) is 8.49. The summed E-state index contributed by atoms with van der Waals surface area (Å²) in [6, 6.07) is 4.89. The first-order valence-corrected chi connectivity index (χ1v) is 5.86. The maximum atomic E-state index is 11.0. The molecule has 8 heteroatoms. The quantitative estimate of drug-likeness (QED) is 0.689. The van der Waals surface area contributed by atoms with Crippen molar-refractivity contribution in [2.45, 2.75) is 13.5 Å². The zero-order valence-electron chi connectivity index (χ0n) is 9.50. The van der Waals surface area contributed by atoms with Crippen LogP contribution in [-0.2, 0) is 6.54 Å². The van der Waals surface area contributed by atoms with E-state index in [0.717, 1.165) is 0 Å². The second-order valence-corrected chi connectivity index (χ2v) is 4.66. The summed E-state index contributed by atoms with van der Waals surface area (Å²) in [6.45, 7) is 2.03. The van der Waals surface area contributed by atoms with Crippen LogP contribution in [-0.4, -0.2) is 19.9 Å². The van der Waals surface area contributed by atoms with Gasteiger partial charge in [-0.2, -0.15) is 0 Å². The van der Waals surface area contributed by atoms with Crippen molar-refractivity contribution in [3.63, 3.8) is 0 Å². The van der Waals surface area contributed by atoms with Crippen LogP contribution in [0.25, 0.3) is 0 Å². The predicted octanol–water partition coefficient (Wildman–Crippen LogP) is 1.89. The Morgan fingerprint density at radius 3 is 2.83 bits per heavy atom. The Morgan fingerprint density at radius 2 is 2.28 bits per heavy atom. The molecule has 0 bridgehead atoms. The van der Waals surface area contributed by atoms with Crippen molar-refractivity contribution in [1.82, 2.24) is 15.0 Å². The highest BCUT2D eigenvalue weighted by atomic mass is 79.9. The average Bonchev–Trinajstić information content (AvgIpc) is 2.63. The number of nitrogens with zero attached hydrogens (tertiary/aromatic N) is 4. The van der Waals surface area contributed by atoms with Gasteiger partial charge in [-0.15, -0.1) is 5.10 Å². The molecule has 18 heavy (non-hydrogen) atoms. The van der Waals surface area contributed by atoms with Crippen molar-refractivity contribution < 1.29 is 4.92 Å². The molecule has 0 aliphatic carbocycles. The topological polar surface area (TPSA) is 99.9 Å². The van der Waals surface area contributed by atoms with Crippen molar-refractivity contribution >= 4 is 27.4 Å². The van der Waals surface area contributed by atoms with Crippen LogP contribution in [0.15, 0.2) is 22.7 Å². The lowest BCUT2D eigenvalue weighted by Crippen LogP contribution is -2.06. The molecule has 0 aliphatic heterocycles. The highest BCUT2D eigenvalue weighted by Crippen LogP contribution is 2.24. The van der Waals surface area contributed by atoms with Gasteiger partial charge in [0, 0.05) is 10.5 Å². The third-order valence-corrected chi connectivity index (χ3v) is 3.08. The molecule has 7 nitrogen and oxygen atoms in total. The van der Waals surface area contributed by atoms with Crippen molar-refractivity contribution in [2.75, 3.05) is 5.73 Å². The van der Waals surface area contributed by atoms with E-state index in [1.165, 1.54) is 10.7 Å². The lowest BCUT2D eigenvalue weighted by Gasteiger charge is -2.05. The normalized spacial score (nSPS) is 10.6. The molecule has 2 rings (SSSR count). The van der Waals surface area contributed by atoms with Gasteiger partial charge in [-0.1, -0.05) is 21.1 Å². The lowest BCUT2D eigenvalue weighted by atomic mass is 10.2. The van der Waals surface area contributed by atoms with E-state index in [1.807, 2.05) is 0 Å². The molecule has 0 unspecified atom stereocenters. The summed E-state index contributed by atoms with van der Waals surface area (Å²) in [7, 11) is 0. The van der Waals surface area contributed by atoms with Crippen LogP contribution in [0.5, 0.6) is 0 Å². The number of anilines is 1. The second kappa shape index (κ2) is 4.73. The summed E-state index contributed by atoms with van der Waals surface area (Å²) in [5.41, 5.74) is 6.86. The van der Waals surface area contributed by atoms with Gasteiger partial charge < -0.3 is 5.73 Å². The van der Waals surface area contributed by atoms with Crippen molar-refractivity contribution in [3.05, 3.63) is 44.0 Å². The van der Waals surface area contributed by atoms with Crippen molar-refractivity contribution in [2.24, 2.45) is 0 Å². The maximum absolute atomic E-state index is 11.0. The largest absolute Gasteiger partial charge is 0.381 e. The van der Waals surface area contributed by atoms with E-state index in [0.29, 0.717) is 21.5 Å². The fraction of sp³-hybridized carbons (Fsp3) is 0.200. The molecule has 94 valence electrons. The molecule has 1 heterocycles. The minimum atomic E-state index is -0.421. The number of hydrogen-bond donors (Lipinski definition) is 1. The van der Waals surface area contributed by atoms with Gasteiger partial charge in [0.05, 0.1) is 22.7 Å². The molecule has 0 atom stereocenters. The van der Waals surface area contributed by atoms with E-state index < -0.39 is 4.92 Å². The van der Waals surface area contributed by atoms with Gasteiger partial charge in [0.1, 0.15) is 0 Å². The third-order valence-electron chi connectivity index (χ3n) is 2.58. The second-order valence-electron chi connectivity index (χ2n) is 3.75. The van der Waals surface area contributed by atoms with Crippen LogP contribution >= 0.6 is 15.9 Å². The average molecular weight is 312 g/mol. The monoisotopic (exact) mass is 311 g/mol. The zero-order chi connectivity index (χ0) is 13.3. The minimum Gasteiger partial charge on any atom is -0.381 e. The lowest BCUT2D eigenvalue weighted by molar-refractivity contribution is -0.385. The Labute approximate surface area is 111 Å². The molecule has 2 aromatic rings. The third kappa shape index (κ3) is 2.33. The van der Waals surface area contributed by atoms with E-state index >= 15 is 0 Å². The van der Waals surface area contributed by atoms with Gasteiger partial charge in [-0.3, -0.25) is 10.1 Å². The van der Waals surface area contributed by atoms with Crippen molar-refractivity contribution in [1.29, 1.82) is 0 Å². The number of hydrogen-bond acceptors (Lipinski definition) is 5. The number of rotatable bonds is 3. The van der Waals surface area contributed by atoms with E-state index in [4.69, 9.17) is 5.73 Å². The Balaban J connectivity index is 2.40. The fourth-order valence-corrected chi connectivity index (χ4v) is 1.88. The predicted molar refractivity (Wildman–Crippen MR) is 69.1 cm³/mol. The Kier molecular flexibility index (Phi) is 3.28. The zero-order valence-corrected chi connectivity index (χ0v) is 11.1. The van der Waals surface area contributed by atoms with E-state index in [1.54, 1.807) is 19.1 Å². The molecule has 1 aromatic carbocycles. The minimum absolute atomic E-state index is 0.0397. The first-order valence-electron chi connectivity index (χ1n) is 5.07. The van der Waals surface area contributed by atoms with Crippen LogP contribution in [0.4, 0.5) is 11.5 Å². The van der Waals surface area contributed by atoms with Gasteiger partial charge in [-0.05, 0) is 19.1 Å². The summed E-state index contributed by atoms with van der Waals surface area (Å²) >= 11 is 3.21. The van der Waals surface area contributed by atoms with Gasteiger partial charge in [0.2, 0.25) is 0 Å². The summed E-state index contributed by atoms with van der Waals surface area (Å²) < 4.78 is 2.19. The number of benzene rings is 1. The summed E-state index contributed by atoms with van der Waals surface area (Å²) in [5.74, 6) is 0.328. The first kappa shape index (κ1) is 12.5. The SMILES string of the molecule is Cc1c(N)nnn1Cc1ccc(Br)cc1[N+](=O)[O-]. The fourth-order valence-electron chi connectivity index (χ4n) is 1.53. The Bertz CT molecular complexity index is 610. The number of nitro benzene ring substituents is 1.